The molecule has 1 aromatic carbocycles. The first-order valence-corrected chi connectivity index (χ1v) is 7.18. The zero-order chi connectivity index (χ0) is 11.4. The summed E-state index contributed by atoms with van der Waals surface area (Å²) in [5, 5.41) is 3.56. The van der Waals surface area contributed by atoms with E-state index in [9.17, 15) is 0 Å². The minimum Gasteiger partial charge on any atom is -0.314 e. The fourth-order valence-corrected chi connectivity index (χ4v) is 2.78. The van der Waals surface area contributed by atoms with Crippen LogP contribution < -0.4 is 5.32 Å². The molecule has 0 atom stereocenters. The summed E-state index contributed by atoms with van der Waals surface area (Å²) < 4.78 is 0. The molecule has 0 amide bonds. The van der Waals surface area contributed by atoms with Crippen molar-refractivity contribution in [1.29, 1.82) is 0 Å². The van der Waals surface area contributed by atoms with E-state index in [1.165, 1.54) is 47.6 Å². The molecule has 88 valence electrons. The molecule has 1 aromatic rings. The smallest absolute Gasteiger partial charge is 0.0104 e. The lowest BCUT2D eigenvalue weighted by molar-refractivity contribution is 0.674. The third kappa shape index (κ3) is 3.84. The van der Waals surface area contributed by atoms with Crippen LogP contribution in [0.4, 0.5) is 0 Å². The molecule has 1 saturated carbocycles. The molecule has 0 aromatic heterocycles. The molecule has 0 radical (unpaired) electrons. The first-order chi connectivity index (χ1) is 7.75. The Morgan fingerprint density at radius 2 is 2.12 bits per heavy atom. The SMILES string of the molecule is Cc1ccc(C)c(SCCCNC2CC2)c1. The Labute approximate surface area is 103 Å². The van der Waals surface area contributed by atoms with E-state index in [4.69, 9.17) is 0 Å². The maximum Gasteiger partial charge on any atom is 0.0104 e. The number of aryl methyl sites for hydroxylation is 2. The molecule has 2 heteroatoms. The Bertz CT molecular complexity index is 345. The van der Waals surface area contributed by atoms with Crippen LogP contribution in [0, 0.1) is 13.8 Å². The van der Waals surface area contributed by atoms with Crippen molar-refractivity contribution < 1.29 is 0 Å². The highest BCUT2D eigenvalue weighted by Gasteiger charge is 2.19. The normalized spacial score (nSPS) is 15.4. The number of hydrogen-bond acceptors (Lipinski definition) is 2. The van der Waals surface area contributed by atoms with Gasteiger partial charge in [0.2, 0.25) is 0 Å². The number of thioether (sulfide) groups is 1. The van der Waals surface area contributed by atoms with Gasteiger partial charge in [0.15, 0.2) is 0 Å². The predicted molar refractivity (Wildman–Crippen MR) is 72.3 cm³/mol. The Morgan fingerprint density at radius 1 is 1.31 bits per heavy atom. The number of rotatable bonds is 6. The van der Waals surface area contributed by atoms with Crippen LogP contribution in [0.15, 0.2) is 23.1 Å². The first-order valence-electron chi connectivity index (χ1n) is 6.19. The summed E-state index contributed by atoms with van der Waals surface area (Å²) in [5.74, 6) is 1.23. The van der Waals surface area contributed by atoms with Crippen molar-refractivity contribution in [2.75, 3.05) is 12.3 Å². The third-order valence-electron chi connectivity index (χ3n) is 2.93. The van der Waals surface area contributed by atoms with Gasteiger partial charge >= 0.3 is 0 Å². The van der Waals surface area contributed by atoms with Gasteiger partial charge in [-0.3, -0.25) is 0 Å². The summed E-state index contributed by atoms with van der Waals surface area (Å²) >= 11 is 1.99. The fourth-order valence-electron chi connectivity index (χ4n) is 1.71. The molecule has 16 heavy (non-hydrogen) atoms. The molecule has 0 heterocycles. The van der Waals surface area contributed by atoms with Crippen LogP contribution in [0.5, 0.6) is 0 Å². The molecule has 2 rings (SSSR count). The molecular weight excluding hydrogens is 214 g/mol. The minimum absolute atomic E-state index is 0.853. The molecule has 0 saturated heterocycles. The molecule has 0 unspecified atom stereocenters. The summed E-state index contributed by atoms with van der Waals surface area (Å²) in [6.45, 7) is 5.55. The lowest BCUT2D eigenvalue weighted by Crippen LogP contribution is -2.17. The van der Waals surface area contributed by atoms with Gasteiger partial charge < -0.3 is 5.32 Å². The molecule has 1 aliphatic carbocycles. The Hall–Kier alpha value is -0.470. The van der Waals surface area contributed by atoms with E-state index in [2.05, 4.69) is 37.4 Å². The second-order valence-electron chi connectivity index (χ2n) is 4.70. The molecule has 0 spiro atoms. The molecule has 1 nitrogen and oxygen atoms in total. The van der Waals surface area contributed by atoms with Crippen LogP contribution in [0.2, 0.25) is 0 Å². The van der Waals surface area contributed by atoms with Crippen LogP contribution in [-0.4, -0.2) is 18.3 Å². The van der Waals surface area contributed by atoms with E-state index in [0.717, 1.165) is 6.04 Å². The van der Waals surface area contributed by atoms with Crippen molar-refractivity contribution in [2.24, 2.45) is 0 Å². The summed E-state index contributed by atoms with van der Waals surface area (Å²) in [6, 6.07) is 7.56. The summed E-state index contributed by atoms with van der Waals surface area (Å²) in [5.41, 5.74) is 2.77. The van der Waals surface area contributed by atoms with E-state index in [1.54, 1.807) is 0 Å². The lowest BCUT2D eigenvalue weighted by Gasteiger charge is -2.07. The minimum atomic E-state index is 0.853. The van der Waals surface area contributed by atoms with Crippen molar-refractivity contribution in [1.82, 2.24) is 5.32 Å². The van der Waals surface area contributed by atoms with E-state index < -0.39 is 0 Å². The monoisotopic (exact) mass is 235 g/mol. The molecule has 0 bridgehead atoms. The molecule has 1 aliphatic rings. The Kier molecular flexibility index (Phi) is 4.30. The van der Waals surface area contributed by atoms with E-state index >= 15 is 0 Å². The van der Waals surface area contributed by atoms with Crippen LogP contribution in [0.25, 0.3) is 0 Å². The highest BCUT2D eigenvalue weighted by molar-refractivity contribution is 7.99. The van der Waals surface area contributed by atoms with Gasteiger partial charge in [-0.15, -0.1) is 11.8 Å². The highest BCUT2D eigenvalue weighted by Crippen LogP contribution is 2.24. The molecule has 1 N–H and O–H groups in total. The summed E-state index contributed by atoms with van der Waals surface area (Å²) in [6.07, 6.45) is 4.06. The third-order valence-corrected chi connectivity index (χ3v) is 4.18. The average molecular weight is 235 g/mol. The van der Waals surface area contributed by atoms with Crippen molar-refractivity contribution in [2.45, 2.75) is 44.0 Å². The second kappa shape index (κ2) is 5.74. The quantitative estimate of drug-likeness (QED) is 0.598. The van der Waals surface area contributed by atoms with Gasteiger partial charge in [0.25, 0.3) is 0 Å². The number of nitrogens with one attached hydrogen (secondary N) is 1. The van der Waals surface area contributed by atoms with Gasteiger partial charge in [-0.1, -0.05) is 17.7 Å². The summed E-state index contributed by atoms with van der Waals surface area (Å²) in [7, 11) is 0. The van der Waals surface area contributed by atoms with Gasteiger partial charge in [0.1, 0.15) is 0 Å². The Morgan fingerprint density at radius 3 is 2.88 bits per heavy atom. The zero-order valence-electron chi connectivity index (χ0n) is 10.3. The number of benzene rings is 1. The van der Waals surface area contributed by atoms with Crippen molar-refractivity contribution in [3.8, 4) is 0 Å². The molecular formula is C14H21NS. The van der Waals surface area contributed by atoms with Crippen molar-refractivity contribution in [3.05, 3.63) is 29.3 Å². The predicted octanol–water partition coefficient (Wildman–Crippen LogP) is 3.54. The van der Waals surface area contributed by atoms with Gasteiger partial charge in [-0.2, -0.15) is 0 Å². The van der Waals surface area contributed by atoms with Gasteiger partial charge in [-0.25, -0.2) is 0 Å². The highest BCUT2D eigenvalue weighted by atomic mass is 32.2. The largest absolute Gasteiger partial charge is 0.314 e. The van der Waals surface area contributed by atoms with Crippen LogP contribution >= 0.6 is 11.8 Å². The first kappa shape index (κ1) is 12.0. The second-order valence-corrected chi connectivity index (χ2v) is 5.84. The molecule has 0 aliphatic heterocycles. The van der Waals surface area contributed by atoms with Crippen LogP contribution in [0.3, 0.4) is 0 Å². The van der Waals surface area contributed by atoms with Gasteiger partial charge in [-0.05, 0) is 57.0 Å². The lowest BCUT2D eigenvalue weighted by atomic mass is 10.2. The topological polar surface area (TPSA) is 12.0 Å². The van der Waals surface area contributed by atoms with E-state index in [-0.39, 0.29) is 0 Å². The van der Waals surface area contributed by atoms with Gasteiger partial charge in [0.05, 0.1) is 0 Å². The average Bonchev–Trinajstić information content (AvgIpc) is 3.06. The van der Waals surface area contributed by atoms with Crippen LogP contribution in [-0.2, 0) is 0 Å². The molecule has 1 fully saturated rings. The van der Waals surface area contributed by atoms with Crippen molar-refractivity contribution in [3.63, 3.8) is 0 Å². The maximum atomic E-state index is 3.56. The standard InChI is InChI=1S/C14H21NS/c1-11-4-5-12(2)14(10-11)16-9-3-8-15-13-6-7-13/h4-5,10,13,15H,3,6-9H2,1-2H3. The Balaban J connectivity index is 1.69. The maximum absolute atomic E-state index is 3.56. The zero-order valence-corrected chi connectivity index (χ0v) is 11.1. The van der Waals surface area contributed by atoms with E-state index in [1.807, 2.05) is 11.8 Å². The van der Waals surface area contributed by atoms with Crippen LogP contribution in [0.1, 0.15) is 30.4 Å². The summed E-state index contributed by atoms with van der Waals surface area (Å²) in [4.78, 5) is 1.45. The van der Waals surface area contributed by atoms with Gasteiger partial charge in [0, 0.05) is 10.9 Å². The van der Waals surface area contributed by atoms with Crippen molar-refractivity contribution >= 4 is 11.8 Å². The fraction of sp³-hybridized carbons (Fsp3) is 0.571. The van der Waals surface area contributed by atoms with E-state index in [0.29, 0.717) is 0 Å². The number of hydrogen-bond donors (Lipinski definition) is 1.